The largest absolute Gasteiger partial charge is 0.364 e. The van der Waals surface area contributed by atoms with Gasteiger partial charge in [-0.1, -0.05) is 68.8 Å². The van der Waals surface area contributed by atoms with Crippen molar-refractivity contribution in [1.82, 2.24) is 0 Å². The Hall–Kier alpha value is -2.10. The average molecular weight is 497 g/mol. The number of benzene rings is 2. The summed E-state index contributed by atoms with van der Waals surface area (Å²) in [4.78, 5) is 2.48. The number of allylic oxidation sites excluding steroid dienone is 5. The molecule has 0 aliphatic carbocycles. The average Bonchev–Trinajstić information content (AvgIpc) is 2.81. The number of piperidine rings is 1. The first-order valence-electron chi connectivity index (χ1n) is 10.9. The predicted octanol–water partition coefficient (Wildman–Crippen LogP) is 10.7. The lowest BCUT2D eigenvalue weighted by Gasteiger charge is -2.38. The van der Waals surface area contributed by atoms with Gasteiger partial charge >= 0.3 is 0 Å². The molecule has 1 heterocycles. The molecule has 3 rings (SSSR count). The van der Waals surface area contributed by atoms with Gasteiger partial charge in [0.25, 0.3) is 0 Å². The van der Waals surface area contributed by atoms with Crippen LogP contribution in [0.25, 0.3) is 0 Å². The zero-order valence-electron chi connectivity index (χ0n) is 19.3. The van der Waals surface area contributed by atoms with E-state index in [-0.39, 0.29) is 7.43 Å². The molecule has 1 atom stereocenters. The highest BCUT2D eigenvalue weighted by atomic mass is 35.5. The van der Waals surface area contributed by atoms with Gasteiger partial charge in [0.15, 0.2) is 11.7 Å². The molecule has 1 saturated heterocycles. The first kappa shape index (κ1) is 30.9. The molecular weight excluding hydrogens is 459 g/mol. The van der Waals surface area contributed by atoms with Crippen LogP contribution in [0.1, 0.15) is 66.0 Å². The molecule has 0 saturated carbocycles. The fourth-order valence-electron chi connectivity index (χ4n) is 3.32. The second kappa shape index (κ2) is 16.5. The van der Waals surface area contributed by atoms with E-state index in [2.05, 4.69) is 35.7 Å². The Morgan fingerprint density at radius 1 is 0.909 bits per heavy atom. The smallest absolute Gasteiger partial charge is 0.158 e. The van der Waals surface area contributed by atoms with Crippen LogP contribution in [-0.2, 0) is 0 Å². The van der Waals surface area contributed by atoms with Crippen molar-refractivity contribution in [3.63, 3.8) is 0 Å². The third-order valence-electron chi connectivity index (χ3n) is 4.74. The summed E-state index contributed by atoms with van der Waals surface area (Å²) >= 11 is 12.0. The van der Waals surface area contributed by atoms with E-state index in [4.69, 9.17) is 23.2 Å². The van der Waals surface area contributed by atoms with E-state index >= 15 is 0 Å². The summed E-state index contributed by atoms with van der Waals surface area (Å²) < 4.78 is 24.6. The standard InChI is InChI=1S/C17H17Cl2N.C8H10F2.C2H6.CH4/c18-14-6-4-13(5-7-14)17-3-1-2-12-20(17)16-10-8-15(19)9-11-16;1-4-7(9)8(10)5-6(2)3;1-2;/h4-11,17H,1-3,12H2;4-5H,1H2,2-3H3;1-2H3;1H4/b;8-7-;;. The maximum atomic E-state index is 12.4. The fraction of sp³-hybridized carbons (Fsp3) is 0.357. The van der Waals surface area contributed by atoms with Crippen LogP contribution in [0.15, 0.2) is 84.5 Å². The molecular formula is C28H37Cl2F2N. The highest BCUT2D eigenvalue weighted by Crippen LogP contribution is 2.35. The Balaban J connectivity index is 0.000000677. The number of rotatable bonds is 4. The summed E-state index contributed by atoms with van der Waals surface area (Å²) in [6.07, 6.45) is 5.67. The molecule has 0 radical (unpaired) electrons. The topological polar surface area (TPSA) is 3.24 Å². The van der Waals surface area contributed by atoms with Crippen LogP contribution in [0, 0.1) is 0 Å². The van der Waals surface area contributed by atoms with Gasteiger partial charge < -0.3 is 4.90 Å². The number of anilines is 1. The molecule has 0 amide bonds. The summed E-state index contributed by atoms with van der Waals surface area (Å²) in [5.74, 6) is -1.78. The highest BCUT2D eigenvalue weighted by Gasteiger charge is 2.24. The van der Waals surface area contributed by atoms with Crippen molar-refractivity contribution in [2.45, 2.75) is 60.4 Å². The summed E-state index contributed by atoms with van der Waals surface area (Å²) in [7, 11) is 0. The third-order valence-corrected chi connectivity index (χ3v) is 5.24. The SMILES string of the molecule is C.C=C/C(F)=C(/F)C=C(C)C.CC.Clc1ccc(C2CCCCN2c2ccc(Cl)cc2)cc1. The van der Waals surface area contributed by atoms with Crippen molar-refractivity contribution in [3.05, 3.63) is 100 Å². The lowest BCUT2D eigenvalue weighted by molar-refractivity contribution is 0.473. The predicted molar refractivity (Wildman–Crippen MR) is 144 cm³/mol. The van der Waals surface area contributed by atoms with Crippen molar-refractivity contribution in [2.24, 2.45) is 0 Å². The minimum atomic E-state index is -0.916. The van der Waals surface area contributed by atoms with Crippen LogP contribution in [0.2, 0.25) is 10.0 Å². The van der Waals surface area contributed by atoms with Crippen molar-refractivity contribution in [1.29, 1.82) is 0 Å². The van der Waals surface area contributed by atoms with Crippen LogP contribution in [0.4, 0.5) is 14.5 Å². The van der Waals surface area contributed by atoms with E-state index in [9.17, 15) is 8.78 Å². The van der Waals surface area contributed by atoms with Gasteiger partial charge in [-0.3, -0.25) is 0 Å². The minimum Gasteiger partial charge on any atom is -0.364 e. The van der Waals surface area contributed by atoms with E-state index in [1.54, 1.807) is 13.8 Å². The van der Waals surface area contributed by atoms with Gasteiger partial charge in [-0.15, -0.1) is 0 Å². The summed E-state index contributed by atoms with van der Waals surface area (Å²) in [6, 6.07) is 16.8. The van der Waals surface area contributed by atoms with Gasteiger partial charge in [0.1, 0.15) is 0 Å². The lowest BCUT2D eigenvalue weighted by atomic mass is 9.94. The Bertz CT molecular complexity index is 830. The normalized spacial score (nSPS) is 15.4. The van der Waals surface area contributed by atoms with Gasteiger partial charge in [0, 0.05) is 22.3 Å². The lowest BCUT2D eigenvalue weighted by Crippen LogP contribution is -2.33. The molecule has 182 valence electrons. The Labute approximate surface area is 209 Å². The maximum absolute atomic E-state index is 12.4. The molecule has 33 heavy (non-hydrogen) atoms. The zero-order valence-corrected chi connectivity index (χ0v) is 20.9. The van der Waals surface area contributed by atoms with E-state index in [0.717, 1.165) is 34.3 Å². The third kappa shape index (κ3) is 10.6. The molecule has 2 aromatic carbocycles. The Morgan fingerprint density at radius 2 is 1.42 bits per heavy atom. The van der Waals surface area contributed by atoms with Gasteiger partial charge in [0.05, 0.1) is 6.04 Å². The van der Waals surface area contributed by atoms with Crippen molar-refractivity contribution < 1.29 is 8.78 Å². The second-order valence-electron chi connectivity index (χ2n) is 7.35. The summed E-state index contributed by atoms with van der Waals surface area (Å²) in [5, 5.41) is 1.58. The maximum Gasteiger partial charge on any atom is 0.158 e. The zero-order chi connectivity index (χ0) is 24.1. The number of nitrogens with zero attached hydrogens (tertiary/aromatic N) is 1. The van der Waals surface area contributed by atoms with E-state index in [1.165, 1.54) is 30.5 Å². The van der Waals surface area contributed by atoms with Crippen LogP contribution >= 0.6 is 23.2 Å². The quantitative estimate of drug-likeness (QED) is 0.381. The summed E-state index contributed by atoms with van der Waals surface area (Å²) in [6.45, 7) is 11.6. The number of halogens is 4. The molecule has 1 aliphatic heterocycles. The highest BCUT2D eigenvalue weighted by molar-refractivity contribution is 6.30. The van der Waals surface area contributed by atoms with Gasteiger partial charge in [-0.05, 0) is 87.2 Å². The molecule has 0 N–H and O–H groups in total. The first-order chi connectivity index (χ1) is 15.3. The fourth-order valence-corrected chi connectivity index (χ4v) is 3.58. The molecule has 1 aliphatic rings. The van der Waals surface area contributed by atoms with Crippen molar-refractivity contribution in [3.8, 4) is 0 Å². The van der Waals surface area contributed by atoms with Crippen molar-refractivity contribution >= 4 is 28.9 Å². The molecule has 5 heteroatoms. The van der Waals surface area contributed by atoms with E-state index in [0.29, 0.717) is 6.04 Å². The molecule has 1 unspecified atom stereocenters. The molecule has 0 bridgehead atoms. The van der Waals surface area contributed by atoms with Crippen molar-refractivity contribution in [2.75, 3.05) is 11.4 Å². The molecule has 1 nitrogen and oxygen atoms in total. The van der Waals surface area contributed by atoms with E-state index in [1.807, 2.05) is 38.1 Å². The van der Waals surface area contributed by atoms with E-state index < -0.39 is 11.7 Å². The molecule has 0 spiro atoms. The minimum absolute atomic E-state index is 0. The summed E-state index contributed by atoms with van der Waals surface area (Å²) in [5.41, 5.74) is 3.30. The molecule has 2 aromatic rings. The first-order valence-corrected chi connectivity index (χ1v) is 11.7. The van der Waals surface area contributed by atoms with Crippen LogP contribution < -0.4 is 4.90 Å². The number of hydrogen-bond donors (Lipinski definition) is 0. The monoisotopic (exact) mass is 495 g/mol. The van der Waals surface area contributed by atoms with Crippen LogP contribution in [0.3, 0.4) is 0 Å². The van der Waals surface area contributed by atoms with Crippen LogP contribution in [0.5, 0.6) is 0 Å². The van der Waals surface area contributed by atoms with Crippen LogP contribution in [-0.4, -0.2) is 6.54 Å². The Kier molecular flexibility index (Phi) is 15.5. The van der Waals surface area contributed by atoms with Gasteiger partial charge in [-0.2, -0.15) is 0 Å². The Morgan fingerprint density at radius 3 is 1.91 bits per heavy atom. The molecule has 1 fully saturated rings. The molecule has 0 aromatic heterocycles. The van der Waals surface area contributed by atoms with Gasteiger partial charge in [0.2, 0.25) is 0 Å². The number of hydrogen-bond acceptors (Lipinski definition) is 1. The van der Waals surface area contributed by atoms with Gasteiger partial charge in [-0.25, -0.2) is 8.78 Å². The second-order valence-corrected chi connectivity index (χ2v) is 8.23.